The molecule has 1 N–H and O–H groups in total. The molecule has 1 saturated heterocycles. The summed E-state index contributed by atoms with van der Waals surface area (Å²) in [6.07, 6.45) is 0. The highest BCUT2D eigenvalue weighted by Gasteiger charge is 2.30. The van der Waals surface area contributed by atoms with Crippen LogP contribution >= 0.6 is 11.6 Å². The third-order valence-electron chi connectivity index (χ3n) is 5.56. The first-order valence-electron chi connectivity index (χ1n) is 10.4. The number of hydrogen-bond donors (Lipinski definition) is 1. The van der Waals surface area contributed by atoms with E-state index in [4.69, 9.17) is 11.6 Å². The maximum Gasteiger partial charge on any atom is 0.255 e. The Morgan fingerprint density at radius 1 is 0.939 bits per heavy atom. The molecular formula is C24H23ClFN3O3S. The van der Waals surface area contributed by atoms with E-state index in [-0.39, 0.29) is 23.9 Å². The average Bonchev–Trinajstić information content (AvgIpc) is 2.80. The summed E-state index contributed by atoms with van der Waals surface area (Å²) < 4.78 is 40.6. The first-order chi connectivity index (χ1) is 15.8. The molecule has 0 bridgehead atoms. The SMILES string of the molecule is Cc1ccc(S(=O)(=O)N2CCN(c3c(Cl)cccc3NC(=O)c3ccc(F)cc3)CC2)cc1. The zero-order chi connectivity index (χ0) is 23.6. The number of carbonyl (C=O) groups is 1. The van der Waals surface area contributed by atoms with Crippen molar-refractivity contribution in [2.75, 3.05) is 36.4 Å². The summed E-state index contributed by atoms with van der Waals surface area (Å²) >= 11 is 6.48. The van der Waals surface area contributed by atoms with Crippen LogP contribution in [-0.2, 0) is 10.0 Å². The van der Waals surface area contributed by atoms with E-state index >= 15 is 0 Å². The quantitative estimate of drug-likeness (QED) is 0.573. The molecule has 172 valence electrons. The number of halogens is 2. The normalized spacial score (nSPS) is 14.8. The number of nitrogens with zero attached hydrogens (tertiary/aromatic N) is 2. The van der Waals surface area contributed by atoms with Crippen LogP contribution in [0.15, 0.2) is 71.6 Å². The predicted octanol–water partition coefficient (Wildman–Crippen LogP) is 4.55. The van der Waals surface area contributed by atoms with Crippen LogP contribution in [-0.4, -0.2) is 44.8 Å². The van der Waals surface area contributed by atoms with Crippen LogP contribution in [0.3, 0.4) is 0 Å². The minimum atomic E-state index is -3.59. The van der Waals surface area contributed by atoms with Crippen LogP contribution in [0.1, 0.15) is 15.9 Å². The van der Waals surface area contributed by atoms with Crippen molar-refractivity contribution in [3.05, 3.63) is 88.7 Å². The fourth-order valence-electron chi connectivity index (χ4n) is 3.74. The molecule has 6 nitrogen and oxygen atoms in total. The molecule has 0 spiro atoms. The second-order valence-electron chi connectivity index (χ2n) is 7.80. The standard InChI is InChI=1S/C24H23ClFN3O3S/c1-17-5-11-20(12-6-17)33(31,32)29-15-13-28(14-16-29)23-21(25)3-2-4-22(23)27-24(30)18-7-9-19(26)10-8-18/h2-12H,13-16H2,1H3,(H,27,30). The Hall–Kier alpha value is -2.94. The van der Waals surface area contributed by atoms with E-state index in [2.05, 4.69) is 5.32 Å². The summed E-state index contributed by atoms with van der Waals surface area (Å²) in [6, 6.07) is 17.2. The van der Waals surface area contributed by atoms with E-state index in [0.29, 0.717) is 35.1 Å². The fourth-order valence-corrected chi connectivity index (χ4v) is 5.46. The average molecular weight is 488 g/mol. The molecule has 3 aromatic carbocycles. The molecule has 0 aromatic heterocycles. The summed E-state index contributed by atoms with van der Waals surface area (Å²) in [6.45, 7) is 3.30. The van der Waals surface area contributed by atoms with Crippen molar-refractivity contribution in [3.63, 3.8) is 0 Å². The van der Waals surface area contributed by atoms with Crippen molar-refractivity contribution < 1.29 is 17.6 Å². The molecule has 0 radical (unpaired) electrons. The van der Waals surface area contributed by atoms with Gasteiger partial charge in [0.2, 0.25) is 10.0 Å². The highest BCUT2D eigenvalue weighted by atomic mass is 35.5. The highest BCUT2D eigenvalue weighted by Crippen LogP contribution is 2.35. The number of rotatable bonds is 5. The number of anilines is 2. The number of aryl methyl sites for hydroxylation is 1. The summed E-state index contributed by atoms with van der Waals surface area (Å²) in [5.41, 5.74) is 2.44. The van der Waals surface area contributed by atoms with Gasteiger partial charge in [0.25, 0.3) is 5.91 Å². The molecule has 4 rings (SSSR count). The number of sulfonamides is 1. The molecule has 1 fully saturated rings. The largest absolute Gasteiger partial charge is 0.366 e. The van der Waals surface area contributed by atoms with Crippen LogP contribution in [0.2, 0.25) is 5.02 Å². The van der Waals surface area contributed by atoms with Crippen LogP contribution < -0.4 is 10.2 Å². The number of amides is 1. The zero-order valence-corrected chi connectivity index (χ0v) is 19.5. The van der Waals surface area contributed by atoms with Crippen molar-refractivity contribution >= 4 is 38.9 Å². The molecule has 3 aromatic rings. The van der Waals surface area contributed by atoms with Crippen LogP contribution in [0.4, 0.5) is 15.8 Å². The molecule has 9 heteroatoms. The Morgan fingerprint density at radius 2 is 1.58 bits per heavy atom. The van der Waals surface area contributed by atoms with E-state index in [1.54, 1.807) is 42.5 Å². The maximum atomic E-state index is 13.2. The van der Waals surface area contributed by atoms with Crippen LogP contribution in [0.5, 0.6) is 0 Å². The number of piperazine rings is 1. The van der Waals surface area contributed by atoms with Crippen molar-refractivity contribution in [2.45, 2.75) is 11.8 Å². The van der Waals surface area contributed by atoms with E-state index in [1.165, 1.54) is 28.6 Å². The first kappa shape index (κ1) is 23.2. The summed E-state index contributed by atoms with van der Waals surface area (Å²) in [5.74, 6) is -0.812. The van der Waals surface area contributed by atoms with E-state index in [9.17, 15) is 17.6 Å². The van der Waals surface area contributed by atoms with Gasteiger partial charge in [0.15, 0.2) is 0 Å². The molecule has 1 amide bonds. The second kappa shape index (κ2) is 9.51. The van der Waals surface area contributed by atoms with Gasteiger partial charge in [0.1, 0.15) is 5.82 Å². The monoisotopic (exact) mass is 487 g/mol. The fraction of sp³-hybridized carbons (Fsp3) is 0.208. The Morgan fingerprint density at radius 3 is 2.21 bits per heavy atom. The number of hydrogen-bond acceptors (Lipinski definition) is 4. The van der Waals surface area contributed by atoms with Gasteiger partial charge in [-0.3, -0.25) is 4.79 Å². The smallest absolute Gasteiger partial charge is 0.255 e. The van der Waals surface area contributed by atoms with Gasteiger partial charge in [-0.25, -0.2) is 12.8 Å². The van der Waals surface area contributed by atoms with Gasteiger partial charge >= 0.3 is 0 Å². The Kier molecular flexibility index (Phi) is 6.69. The number of para-hydroxylation sites is 1. The molecule has 0 unspecified atom stereocenters. The molecule has 0 saturated carbocycles. The third kappa shape index (κ3) is 5.03. The van der Waals surface area contributed by atoms with Gasteiger partial charge in [-0.05, 0) is 55.5 Å². The lowest BCUT2D eigenvalue weighted by Gasteiger charge is -2.36. The van der Waals surface area contributed by atoms with E-state index < -0.39 is 15.8 Å². The van der Waals surface area contributed by atoms with Gasteiger partial charge in [-0.15, -0.1) is 0 Å². The molecule has 0 aliphatic carbocycles. The lowest BCUT2D eigenvalue weighted by molar-refractivity contribution is 0.102. The molecule has 33 heavy (non-hydrogen) atoms. The molecule has 1 heterocycles. The predicted molar refractivity (Wildman–Crippen MR) is 128 cm³/mol. The van der Waals surface area contributed by atoms with Gasteiger partial charge < -0.3 is 10.2 Å². The Bertz CT molecular complexity index is 1260. The molecule has 1 aliphatic heterocycles. The lowest BCUT2D eigenvalue weighted by atomic mass is 10.1. The number of nitrogens with one attached hydrogen (secondary N) is 1. The lowest BCUT2D eigenvalue weighted by Crippen LogP contribution is -2.49. The number of carbonyl (C=O) groups excluding carboxylic acids is 1. The van der Waals surface area contributed by atoms with Crippen molar-refractivity contribution in [3.8, 4) is 0 Å². The minimum Gasteiger partial charge on any atom is -0.366 e. The maximum absolute atomic E-state index is 13.2. The van der Waals surface area contributed by atoms with E-state index in [0.717, 1.165) is 5.56 Å². The van der Waals surface area contributed by atoms with Gasteiger partial charge in [0, 0.05) is 31.7 Å². The van der Waals surface area contributed by atoms with Gasteiger partial charge in [-0.1, -0.05) is 35.4 Å². The van der Waals surface area contributed by atoms with Crippen molar-refractivity contribution in [2.24, 2.45) is 0 Å². The Balaban J connectivity index is 1.51. The summed E-state index contributed by atoms with van der Waals surface area (Å²) in [4.78, 5) is 14.9. The highest BCUT2D eigenvalue weighted by molar-refractivity contribution is 7.89. The minimum absolute atomic E-state index is 0.270. The van der Waals surface area contributed by atoms with Crippen LogP contribution in [0.25, 0.3) is 0 Å². The zero-order valence-electron chi connectivity index (χ0n) is 18.0. The summed E-state index contributed by atoms with van der Waals surface area (Å²) in [5, 5.41) is 3.28. The van der Waals surface area contributed by atoms with Crippen molar-refractivity contribution in [1.82, 2.24) is 4.31 Å². The second-order valence-corrected chi connectivity index (χ2v) is 10.1. The summed E-state index contributed by atoms with van der Waals surface area (Å²) in [7, 11) is -3.59. The van der Waals surface area contributed by atoms with Crippen LogP contribution in [0, 0.1) is 12.7 Å². The first-order valence-corrected chi connectivity index (χ1v) is 12.2. The van der Waals surface area contributed by atoms with Gasteiger partial charge in [0.05, 0.1) is 21.3 Å². The molecule has 1 aliphatic rings. The topological polar surface area (TPSA) is 69.7 Å². The van der Waals surface area contributed by atoms with Crippen molar-refractivity contribution in [1.29, 1.82) is 0 Å². The third-order valence-corrected chi connectivity index (χ3v) is 7.77. The molecule has 0 atom stereocenters. The number of benzene rings is 3. The van der Waals surface area contributed by atoms with Gasteiger partial charge in [-0.2, -0.15) is 4.31 Å². The molecular weight excluding hydrogens is 465 g/mol. The Labute approximate surface area is 197 Å². The van der Waals surface area contributed by atoms with E-state index in [1.807, 2.05) is 11.8 Å².